The molecule has 0 aromatic carbocycles. The highest BCUT2D eigenvalue weighted by atomic mass is 19.1. The van der Waals surface area contributed by atoms with Crippen molar-refractivity contribution in [2.24, 2.45) is 0 Å². The Labute approximate surface area is 66.4 Å². The molecule has 0 aliphatic rings. The second-order valence-corrected chi connectivity index (χ2v) is 2.37. The van der Waals surface area contributed by atoms with E-state index >= 15 is 0 Å². The fourth-order valence-corrected chi connectivity index (χ4v) is 1.06. The number of halogens is 2. The number of rotatable bonds is 0. The minimum Gasteiger partial charge on any atom is -0.383 e. The van der Waals surface area contributed by atoms with E-state index in [9.17, 15) is 8.78 Å². The molecular formula is C7H5F2N3. The molecule has 5 heteroatoms. The smallest absolute Gasteiger partial charge is 0.203 e. The maximum Gasteiger partial charge on any atom is 0.203 e. The van der Waals surface area contributed by atoms with Gasteiger partial charge in [-0.3, -0.25) is 4.40 Å². The van der Waals surface area contributed by atoms with Crippen molar-refractivity contribution in [1.82, 2.24) is 9.38 Å². The molecule has 0 amide bonds. The number of nitrogen functional groups attached to an aromatic ring is 1. The molecule has 2 N–H and O–H groups in total. The van der Waals surface area contributed by atoms with Gasteiger partial charge in [-0.1, -0.05) is 0 Å². The molecule has 0 fully saturated rings. The normalized spacial score (nSPS) is 10.8. The van der Waals surface area contributed by atoms with Crippen LogP contribution in [-0.2, 0) is 0 Å². The number of hydrogen-bond donors (Lipinski definition) is 1. The predicted octanol–water partition coefficient (Wildman–Crippen LogP) is 1.19. The molecular weight excluding hydrogens is 164 g/mol. The number of hydrogen-bond acceptors (Lipinski definition) is 2. The van der Waals surface area contributed by atoms with Crippen molar-refractivity contribution in [3.05, 3.63) is 30.1 Å². The number of nitrogens with zero attached hydrogens (tertiary/aromatic N) is 2. The maximum absolute atomic E-state index is 12.9. The van der Waals surface area contributed by atoms with E-state index in [0.717, 1.165) is 16.5 Å². The molecule has 2 aromatic heterocycles. The summed E-state index contributed by atoms with van der Waals surface area (Å²) in [6.45, 7) is 0. The Morgan fingerprint density at radius 1 is 1.33 bits per heavy atom. The highest BCUT2D eigenvalue weighted by molar-refractivity contribution is 5.47. The van der Waals surface area contributed by atoms with Crippen LogP contribution < -0.4 is 5.73 Å². The van der Waals surface area contributed by atoms with E-state index in [-0.39, 0.29) is 11.5 Å². The van der Waals surface area contributed by atoms with Gasteiger partial charge in [0.25, 0.3) is 0 Å². The Balaban J connectivity index is 2.93. The number of pyridine rings is 1. The van der Waals surface area contributed by atoms with Gasteiger partial charge in [-0.25, -0.2) is 9.37 Å². The number of imidazole rings is 1. The van der Waals surface area contributed by atoms with Crippen LogP contribution in [0.25, 0.3) is 5.65 Å². The molecule has 0 spiro atoms. The van der Waals surface area contributed by atoms with Crippen molar-refractivity contribution in [2.75, 3.05) is 5.73 Å². The lowest BCUT2D eigenvalue weighted by Crippen LogP contribution is -1.98. The minimum atomic E-state index is -0.750. The van der Waals surface area contributed by atoms with Crippen molar-refractivity contribution in [3.63, 3.8) is 0 Å². The van der Waals surface area contributed by atoms with E-state index < -0.39 is 11.8 Å². The van der Waals surface area contributed by atoms with Crippen LogP contribution in [0.1, 0.15) is 0 Å². The molecule has 0 unspecified atom stereocenters. The Hall–Kier alpha value is -1.65. The molecule has 2 rings (SSSR count). The fourth-order valence-electron chi connectivity index (χ4n) is 1.06. The zero-order valence-electron chi connectivity index (χ0n) is 5.96. The SMILES string of the molecule is Nc1cnc2cc(F)cc(F)n12. The second kappa shape index (κ2) is 2.17. The fraction of sp³-hybridized carbons (Fsp3) is 0. The van der Waals surface area contributed by atoms with E-state index in [1.54, 1.807) is 0 Å². The summed E-state index contributed by atoms with van der Waals surface area (Å²) in [6.07, 6.45) is 1.28. The Morgan fingerprint density at radius 3 is 2.83 bits per heavy atom. The molecule has 62 valence electrons. The van der Waals surface area contributed by atoms with Gasteiger partial charge in [0.1, 0.15) is 17.3 Å². The molecule has 2 aromatic rings. The average Bonchev–Trinajstić information content (AvgIpc) is 2.31. The van der Waals surface area contributed by atoms with Crippen LogP contribution in [0.4, 0.5) is 14.6 Å². The van der Waals surface area contributed by atoms with Gasteiger partial charge in [-0.2, -0.15) is 4.39 Å². The van der Waals surface area contributed by atoms with Gasteiger partial charge in [-0.15, -0.1) is 0 Å². The predicted molar refractivity (Wildman–Crippen MR) is 39.5 cm³/mol. The Morgan fingerprint density at radius 2 is 2.08 bits per heavy atom. The first-order valence-electron chi connectivity index (χ1n) is 3.26. The quantitative estimate of drug-likeness (QED) is 0.602. The zero-order chi connectivity index (χ0) is 8.72. The van der Waals surface area contributed by atoms with Crippen molar-refractivity contribution < 1.29 is 8.78 Å². The molecule has 2 heterocycles. The number of nitrogens with two attached hydrogens (primary N) is 1. The van der Waals surface area contributed by atoms with Crippen LogP contribution in [0, 0.1) is 11.8 Å². The van der Waals surface area contributed by atoms with E-state index in [1.807, 2.05) is 0 Å². The average molecular weight is 169 g/mol. The first-order chi connectivity index (χ1) is 5.68. The maximum atomic E-state index is 12.9. The third-order valence-electron chi connectivity index (χ3n) is 1.55. The molecule has 0 aliphatic heterocycles. The van der Waals surface area contributed by atoms with E-state index in [1.165, 1.54) is 6.20 Å². The molecule has 12 heavy (non-hydrogen) atoms. The van der Waals surface area contributed by atoms with E-state index in [0.29, 0.717) is 0 Å². The lowest BCUT2D eigenvalue weighted by atomic mass is 10.4. The summed E-state index contributed by atoms with van der Waals surface area (Å²) < 4.78 is 26.5. The molecule has 0 saturated carbocycles. The van der Waals surface area contributed by atoms with Gasteiger partial charge >= 0.3 is 0 Å². The molecule has 0 radical (unpaired) electrons. The van der Waals surface area contributed by atoms with Crippen LogP contribution in [0.3, 0.4) is 0 Å². The number of fused-ring (bicyclic) bond motifs is 1. The van der Waals surface area contributed by atoms with Crippen molar-refractivity contribution in [1.29, 1.82) is 0 Å². The van der Waals surface area contributed by atoms with Gasteiger partial charge in [-0.05, 0) is 0 Å². The highest BCUT2D eigenvalue weighted by Gasteiger charge is 2.06. The van der Waals surface area contributed by atoms with Crippen LogP contribution in [0.2, 0.25) is 0 Å². The summed E-state index contributed by atoms with van der Waals surface area (Å²) in [4.78, 5) is 3.70. The van der Waals surface area contributed by atoms with Gasteiger partial charge in [0.05, 0.1) is 6.20 Å². The Bertz CT molecular complexity index is 435. The van der Waals surface area contributed by atoms with Crippen LogP contribution in [0.5, 0.6) is 0 Å². The summed E-state index contributed by atoms with van der Waals surface area (Å²) in [7, 11) is 0. The third kappa shape index (κ3) is 0.827. The summed E-state index contributed by atoms with van der Waals surface area (Å²) in [5, 5.41) is 0. The summed E-state index contributed by atoms with van der Waals surface area (Å²) >= 11 is 0. The lowest BCUT2D eigenvalue weighted by Gasteiger charge is -1.97. The zero-order valence-corrected chi connectivity index (χ0v) is 5.96. The molecule has 0 saturated heterocycles. The summed E-state index contributed by atoms with van der Waals surface area (Å²) in [5.41, 5.74) is 5.54. The highest BCUT2D eigenvalue weighted by Crippen LogP contribution is 2.12. The van der Waals surface area contributed by atoms with Crippen molar-refractivity contribution >= 4 is 11.5 Å². The number of anilines is 1. The van der Waals surface area contributed by atoms with Crippen LogP contribution >= 0.6 is 0 Å². The lowest BCUT2D eigenvalue weighted by molar-refractivity contribution is 0.543. The third-order valence-corrected chi connectivity index (χ3v) is 1.55. The number of aromatic nitrogens is 2. The van der Waals surface area contributed by atoms with Gasteiger partial charge in [0.15, 0.2) is 0 Å². The van der Waals surface area contributed by atoms with Crippen LogP contribution in [-0.4, -0.2) is 9.38 Å². The molecule has 3 nitrogen and oxygen atoms in total. The monoisotopic (exact) mass is 169 g/mol. The Kier molecular flexibility index (Phi) is 1.27. The summed E-state index contributed by atoms with van der Waals surface area (Å²) in [5.74, 6) is -1.26. The van der Waals surface area contributed by atoms with Gasteiger partial charge < -0.3 is 5.73 Å². The molecule has 0 bridgehead atoms. The van der Waals surface area contributed by atoms with Gasteiger partial charge in [0, 0.05) is 12.1 Å². The standard InChI is InChI=1S/C7H5F2N3/c8-4-1-5(9)12-6(10)3-11-7(12)2-4/h1-3H,10H2. The largest absolute Gasteiger partial charge is 0.383 e. The summed E-state index contributed by atoms with van der Waals surface area (Å²) in [6, 6.07) is 1.87. The minimum absolute atomic E-state index is 0.155. The van der Waals surface area contributed by atoms with Gasteiger partial charge in [0.2, 0.25) is 5.95 Å². The van der Waals surface area contributed by atoms with E-state index in [4.69, 9.17) is 5.73 Å². The molecule has 0 aliphatic carbocycles. The van der Waals surface area contributed by atoms with Crippen molar-refractivity contribution in [2.45, 2.75) is 0 Å². The first kappa shape index (κ1) is 7.02. The first-order valence-corrected chi connectivity index (χ1v) is 3.26. The van der Waals surface area contributed by atoms with Crippen LogP contribution in [0.15, 0.2) is 18.3 Å². The van der Waals surface area contributed by atoms with E-state index in [2.05, 4.69) is 4.98 Å². The second-order valence-electron chi connectivity index (χ2n) is 2.37. The molecule has 0 atom stereocenters. The topological polar surface area (TPSA) is 43.3 Å². The van der Waals surface area contributed by atoms with Crippen molar-refractivity contribution in [3.8, 4) is 0 Å².